The Morgan fingerprint density at radius 3 is 2.65 bits per heavy atom. The van der Waals surface area contributed by atoms with Crippen molar-refractivity contribution in [1.82, 2.24) is 0 Å². The number of rotatable bonds is 1. The Balaban J connectivity index is 1.87. The molecule has 2 nitrogen and oxygen atoms in total. The maximum atomic E-state index is 6.36. The molecule has 1 aromatic rings. The Morgan fingerprint density at radius 1 is 1.05 bits per heavy atom. The van der Waals surface area contributed by atoms with Crippen LogP contribution in [0.25, 0.3) is 0 Å². The molecule has 4 unspecified atom stereocenters. The maximum Gasteiger partial charge on any atom is 0.0417 e. The van der Waals surface area contributed by atoms with E-state index in [0.29, 0.717) is 6.04 Å². The fourth-order valence-electron chi connectivity index (χ4n) is 4.00. The molecule has 4 atom stereocenters. The smallest absolute Gasteiger partial charge is 0.0417 e. The first-order valence-corrected chi connectivity index (χ1v) is 8.28. The fraction of sp³-hybridized carbons (Fsp3) is 0.667. The van der Waals surface area contributed by atoms with Gasteiger partial charge in [-0.25, -0.2) is 0 Å². The van der Waals surface area contributed by atoms with Crippen molar-refractivity contribution in [3.05, 3.63) is 29.8 Å². The van der Waals surface area contributed by atoms with Gasteiger partial charge in [0.15, 0.2) is 0 Å². The van der Waals surface area contributed by atoms with E-state index in [0.717, 1.165) is 18.3 Å². The van der Waals surface area contributed by atoms with Crippen LogP contribution in [-0.2, 0) is 0 Å². The van der Waals surface area contributed by atoms with Gasteiger partial charge in [-0.15, -0.1) is 0 Å². The second-order valence-electron chi connectivity index (χ2n) is 6.92. The Morgan fingerprint density at radius 2 is 1.85 bits per heavy atom. The molecular weight excluding hydrogens is 244 g/mol. The van der Waals surface area contributed by atoms with Gasteiger partial charge >= 0.3 is 0 Å². The molecule has 3 rings (SSSR count). The molecule has 2 aliphatic rings. The van der Waals surface area contributed by atoms with Crippen LogP contribution < -0.4 is 10.6 Å². The number of nitrogens with two attached hydrogens (primary N) is 1. The molecule has 20 heavy (non-hydrogen) atoms. The molecule has 0 saturated heterocycles. The summed E-state index contributed by atoms with van der Waals surface area (Å²) in [5.74, 6) is 1.73. The Hall–Kier alpha value is -1.02. The number of anilines is 1. The van der Waals surface area contributed by atoms with Gasteiger partial charge in [-0.05, 0) is 55.6 Å². The molecule has 0 amide bonds. The lowest BCUT2D eigenvalue weighted by atomic mass is 9.78. The van der Waals surface area contributed by atoms with Gasteiger partial charge in [0.2, 0.25) is 0 Å². The van der Waals surface area contributed by atoms with Crippen molar-refractivity contribution in [2.45, 2.75) is 58.0 Å². The molecule has 0 aromatic heterocycles. The average Bonchev–Trinajstić information content (AvgIpc) is 2.62. The summed E-state index contributed by atoms with van der Waals surface area (Å²) in [5.41, 5.74) is 9.13. The fourth-order valence-corrected chi connectivity index (χ4v) is 4.00. The highest BCUT2D eigenvalue weighted by molar-refractivity contribution is 5.56. The van der Waals surface area contributed by atoms with E-state index in [-0.39, 0.29) is 6.04 Å². The summed E-state index contributed by atoms with van der Waals surface area (Å²) in [4.78, 5) is 2.67. The number of fused-ring (bicyclic) bond motifs is 1. The number of nitrogens with zero attached hydrogens (tertiary/aromatic N) is 1. The van der Waals surface area contributed by atoms with Crippen LogP contribution in [0.2, 0.25) is 0 Å². The predicted octanol–water partition coefficient (Wildman–Crippen LogP) is 4.11. The largest absolute Gasteiger partial charge is 0.368 e. The SMILES string of the molecule is CC1CCC(N2CCCC(N)c3ccccc32)CC1C. The van der Waals surface area contributed by atoms with Gasteiger partial charge < -0.3 is 10.6 Å². The third kappa shape index (κ3) is 2.58. The van der Waals surface area contributed by atoms with Crippen molar-refractivity contribution in [3.63, 3.8) is 0 Å². The van der Waals surface area contributed by atoms with Crippen LogP contribution in [-0.4, -0.2) is 12.6 Å². The second-order valence-corrected chi connectivity index (χ2v) is 6.92. The standard InChI is InChI=1S/C18H28N2/c1-13-9-10-15(12-14(13)2)20-11-5-7-17(19)16-6-3-4-8-18(16)20/h3-4,6,8,13-15,17H,5,7,9-12,19H2,1-2H3. The van der Waals surface area contributed by atoms with Gasteiger partial charge in [0.05, 0.1) is 0 Å². The molecule has 1 fully saturated rings. The maximum absolute atomic E-state index is 6.36. The van der Waals surface area contributed by atoms with Crippen LogP contribution in [0.1, 0.15) is 57.6 Å². The minimum Gasteiger partial charge on any atom is -0.368 e. The lowest BCUT2D eigenvalue weighted by molar-refractivity contribution is 0.243. The van der Waals surface area contributed by atoms with Gasteiger partial charge in [0.25, 0.3) is 0 Å². The topological polar surface area (TPSA) is 29.3 Å². The van der Waals surface area contributed by atoms with Crippen molar-refractivity contribution in [2.75, 3.05) is 11.4 Å². The van der Waals surface area contributed by atoms with Crippen molar-refractivity contribution in [3.8, 4) is 0 Å². The monoisotopic (exact) mass is 272 g/mol. The van der Waals surface area contributed by atoms with Crippen molar-refractivity contribution in [2.24, 2.45) is 17.6 Å². The Kier molecular flexibility index (Phi) is 4.02. The summed E-state index contributed by atoms with van der Waals surface area (Å²) in [6.45, 7) is 6.01. The van der Waals surface area contributed by atoms with Crippen LogP contribution in [0, 0.1) is 11.8 Å². The summed E-state index contributed by atoms with van der Waals surface area (Å²) in [7, 11) is 0. The molecule has 1 heterocycles. The van der Waals surface area contributed by atoms with Gasteiger partial charge in [-0.2, -0.15) is 0 Å². The van der Waals surface area contributed by atoms with Crippen LogP contribution in [0.4, 0.5) is 5.69 Å². The summed E-state index contributed by atoms with van der Waals surface area (Å²) >= 11 is 0. The van der Waals surface area contributed by atoms with Crippen molar-refractivity contribution < 1.29 is 0 Å². The minimum atomic E-state index is 0.219. The van der Waals surface area contributed by atoms with E-state index in [4.69, 9.17) is 5.73 Å². The molecule has 0 radical (unpaired) electrons. The van der Waals surface area contributed by atoms with Crippen molar-refractivity contribution in [1.29, 1.82) is 0 Å². The van der Waals surface area contributed by atoms with E-state index in [1.54, 1.807) is 0 Å². The third-order valence-corrected chi connectivity index (χ3v) is 5.57. The first-order valence-electron chi connectivity index (χ1n) is 8.28. The van der Waals surface area contributed by atoms with Crippen LogP contribution >= 0.6 is 0 Å². The van der Waals surface area contributed by atoms with Crippen LogP contribution in [0.15, 0.2) is 24.3 Å². The van der Waals surface area contributed by atoms with Crippen LogP contribution in [0.3, 0.4) is 0 Å². The zero-order valence-corrected chi connectivity index (χ0v) is 12.9. The van der Waals surface area contributed by atoms with E-state index in [1.807, 2.05) is 0 Å². The highest BCUT2D eigenvalue weighted by Crippen LogP contribution is 2.38. The predicted molar refractivity (Wildman–Crippen MR) is 85.9 cm³/mol. The third-order valence-electron chi connectivity index (χ3n) is 5.57. The lowest BCUT2D eigenvalue weighted by Gasteiger charge is -2.40. The highest BCUT2D eigenvalue weighted by Gasteiger charge is 2.31. The zero-order valence-electron chi connectivity index (χ0n) is 12.9. The van der Waals surface area contributed by atoms with E-state index in [9.17, 15) is 0 Å². The summed E-state index contributed by atoms with van der Waals surface area (Å²) in [5, 5.41) is 0. The molecule has 0 spiro atoms. The lowest BCUT2D eigenvalue weighted by Crippen LogP contribution is -2.41. The molecular formula is C18H28N2. The summed E-state index contributed by atoms with van der Waals surface area (Å²) in [6, 6.07) is 9.74. The molecule has 110 valence electrons. The van der Waals surface area contributed by atoms with Gasteiger partial charge in [0.1, 0.15) is 0 Å². The van der Waals surface area contributed by atoms with Crippen LogP contribution in [0.5, 0.6) is 0 Å². The molecule has 1 aliphatic heterocycles. The van der Waals surface area contributed by atoms with E-state index in [1.165, 1.54) is 43.5 Å². The van der Waals surface area contributed by atoms with E-state index in [2.05, 4.69) is 43.0 Å². The first kappa shape index (κ1) is 13.9. The number of benzene rings is 1. The first-order chi connectivity index (χ1) is 9.66. The van der Waals surface area contributed by atoms with Crippen molar-refractivity contribution >= 4 is 5.69 Å². The molecule has 1 saturated carbocycles. The Bertz CT molecular complexity index is 456. The van der Waals surface area contributed by atoms with E-state index < -0.39 is 0 Å². The Labute approximate surface area is 123 Å². The summed E-state index contributed by atoms with van der Waals surface area (Å²) in [6.07, 6.45) is 6.39. The normalized spacial score (nSPS) is 34.5. The quantitative estimate of drug-likeness (QED) is 0.833. The van der Waals surface area contributed by atoms with Gasteiger partial charge in [0, 0.05) is 24.3 Å². The number of hydrogen-bond donors (Lipinski definition) is 1. The molecule has 2 N–H and O–H groups in total. The second kappa shape index (κ2) is 5.77. The molecule has 0 bridgehead atoms. The minimum absolute atomic E-state index is 0.219. The molecule has 1 aliphatic carbocycles. The molecule has 2 heteroatoms. The zero-order chi connectivity index (χ0) is 14.1. The van der Waals surface area contributed by atoms with E-state index >= 15 is 0 Å². The van der Waals surface area contributed by atoms with Gasteiger partial charge in [-0.3, -0.25) is 0 Å². The number of hydrogen-bond acceptors (Lipinski definition) is 2. The number of para-hydroxylation sites is 1. The summed E-state index contributed by atoms with van der Waals surface area (Å²) < 4.78 is 0. The highest BCUT2D eigenvalue weighted by atomic mass is 15.2. The molecule has 1 aromatic carbocycles. The van der Waals surface area contributed by atoms with Gasteiger partial charge in [-0.1, -0.05) is 32.0 Å². The average molecular weight is 272 g/mol.